The number of fused-ring (bicyclic) bond motifs is 1. The van der Waals surface area contributed by atoms with E-state index < -0.39 is 36.2 Å². The van der Waals surface area contributed by atoms with Gasteiger partial charge >= 0.3 is 12.1 Å². The lowest BCUT2D eigenvalue weighted by Gasteiger charge is -2.46. The highest BCUT2D eigenvalue weighted by atomic mass is 19.4. The normalized spacial score (nSPS) is 18.8. The van der Waals surface area contributed by atoms with Crippen LogP contribution < -0.4 is 0 Å². The van der Waals surface area contributed by atoms with Crippen molar-refractivity contribution in [3.8, 4) is 23.0 Å². The van der Waals surface area contributed by atoms with Gasteiger partial charge in [0.2, 0.25) is 0 Å². The number of amides is 1. The summed E-state index contributed by atoms with van der Waals surface area (Å²) in [6.45, 7) is 9.90. The number of benzene rings is 1. The van der Waals surface area contributed by atoms with Gasteiger partial charge in [0, 0.05) is 24.4 Å². The van der Waals surface area contributed by atoms with Gasteiger partial charge in [-0.2, -0.15) is 13.2 Å². The Morgan fingerprint density at radius 3 is 2.36 bits per heavy atom. The predicted molar refractivity (Wildman–Crippen MR) is 188 cm³/mol. The minimum Gasteiger partial charge on any atom is -0.481 e. The van der Waals surface area contributed by atoms with Crippen molar-refractivity contribution in [3.63, 3.8) is 0 Å². The van der Waals surface area contributed by atoms with Crippen LogP contribution in [-0.4, -0.2) is 69.5 Å². The molecule has 1 fully saturated rings. The van der Waals surface area contributed by atoms with Crippen LogP contribution in [-0.2, 0) is 9.59 Å². The second-order valence-electron chi connectivity index (χ2n) is 14.4. The Morgan fingerprint density at radius 2 is 1.80 bits per heavy atom. The molecule has 5 rings (SSSR count). The maximum Gasteiger partial charge on any atom is 0.416 e. The summed E-state index contributed by atoms with van der Waals surface area (Å²) in [7, 11) is 3.60. The predicted octanol–water partition coefficient (Wildman–Crippen LogP) is 8.16. The fraction of sp³-hybridized carbons (Fsp3) is 0.475. The zero-order chi connectivity index (χ0) is 36.5. The Balaban J connectivity index is 1.72. The van der Waals surface area contributed by atoms with Crippen LogP contribution in [0, 0.1) is 37.5 Å². The summed E-state index contributed by atoms with van der Waals surface area (Å²) < 4.78 is 43.8. The fourth-order valence-corrected chi connectivity index (χ4v) is 7.01. The van der Waals surface area contributed by atoms with Gasteiger partial charge < -0.3 is 19.8 Å². The number of halogens is 3. The first-order chi connectivity index (χ1) is 23.5. The molecule has 7 nitrogen and oxygen atoms in total. The number of carboxylic acid groups (broad SMARTS) is 1. The van der Waals surface area contributed by atoms with E-state index in [9.17, 15) is 27.9 Å². The maximum absolute atomic E-state index is 14.7. The molecule has 1 aromatic heterocycles. The van der Waals surface area contributed by atoms with E-state index in [1.54, 1.807) is 25.9 Å². The molecule has 2 atom stereocenters. The van der Waals surface area contributed by atoms with Crippen LogP contribution in [0.1, 0.15) is 87.9 Å². The van der Waals surface area contributed by atoms with Crippen molar-refractivity contribution >= 4 is 11.9 Å². The Bertz CT molecular complexity index is 1790. The second kappa shape index (κ2) is 14.9. The lowest BCUT2D eigenvalue weighted by atomic mass is 9.86. The van der Waals surface area contributed by atoms with Crippen molar-refractivity contribution in [2.24, 2.45) is 11.8 Å². The first-order valence-corrected chi connectivity index (χ1v) is 17.3. The molecule has 1 amide bonds. The zero-order valence-corrected chi connectivity index (χ0v) is 30.0. The largest absolute Gasteiger partial charge is 0.481 e. The van der Waals surface area contributed by atoms with Gasteiger partial charge in [0.15, 0.2) is 0 Å². The molecule has 2 aliphatic heterocycles. The molecule has 0 unspecified atom stereocenters. The molecule has 10 heteroatoms. The number of aliphatic carboxylic acids is 1. The maximum atomic E-state index is 14.7. The summed E-state index contributed by atoms with van der Waals surface area (Å²) in [6, 6.07) is 7.73. The van der Waals surface area contributed by atoms with Crippen molar-refractivity contribution in [3.05, 3.63) is 87.7 Å². The topological polar surface area (TPSA) is 77.0 Å². The minimum absolute atomic E-state index is 0.0221. The molecule has 0 saturated heterocycles. The van der Waals surface area contributed by atoms with E-state index >= 15 is 0 Å². The van der Waals surface area contributed by atoms with Gasteiger partial charge in [-0.25, -0.2) is 4.98 Å². The van der Waals surface area contributed by atoms with Gasteiger partial charge in [0.25, 0.3) is 5.91 Å². The van der Waals surface area contributed by atoms with Gasteiger partial charge in [0.05, 0.1) is 29.4 Å². The molecule has 1 saturated carbocycles. The number of carbonyl (C=O) groups is 2. The van der Waals surface area contributed by atoms with Crippen LogP contribution in [0.2, 0.25) is 0 Å². The average Bonchev–Trinajstić information content (AvgIpc) is 2.99. The first-order valence-electron chi connectivity index (χ1n) is 17.3. The summed E-state index contributed by atoms with van der Waals surface area (Å²) in [4.78, 5) is 37.0. The SMILES string of the molecule is CC1=C2C=C(C(F)(F)F)C(CCN(C)C)=CN2[C@@H](CC(C)C)C(=O)N1[C@@H](CC(=O)O)c1cc(-c2c(C)cccc2C)cc(C#CC2CCC2)n1. The summed E-state index contributed by atoms with van der Waals surface area (Å²) in [5.41, 5.74) is 4.38. The molecule has 2 aromatic rings. The van der Waals surface area contributed by atoms with Crippen molar-refractivity contribution < 1.29 is 27.9 Å². The Kier molecular flexibility index (Phi) is 11.0. The molecule has 3 aliphatic rings. The smallest absolute Gasteiger partial charge is 0.416 e. The quantitative estimate of drug-likeness (QED) is 0.254. The van der Waals surface area contributed by atoms with Crippen molar-refractivity contribution in [1.82, 2.24) is 19.7 Å². The number of aryl methyl sites for hydroxylation is 2. The van der Waals surface area contributed by atoms with Crippen LogP contribution in [0.5, 0.6) is 0 Å². The van der Waals surface area contributed by atoms with E-state index in [1.807, 2.05) is 62.9 Å². The van der Waals surface area contributed by atoms with Crippen LogP contribution in [0.3, 0.4) is 0 Å². The Labute approximate surface area is 293 Å². The highest BCUT2D eigenvalue weighted by molar-refractivity contribution is 5.87. The molecule has 0 bridgehead atoms. The molecule has 1 N–H and O–H groups in total. The fourth-order valence-electron chi connectivity index (χ4n) is 7.01. The van der Waals surface area contributed by atoms with E-state index in [2.05, 4.69) is 11.8 Å². The highest BCUT2D eigenvalue weighted by Crippen LogP contribution is 2.44. The number of pyridine rings is 1. The van der Waals surface area contributed by atoms with E-state index in [0.29, 0.717) is 24.4 Å². The molecule has 1 aromatic carbocycles. The highest BCUT2D eigenvalue weighted by Gasteiger charge is 2.46. The minimum atomic E-state index is -4.63. The molecular weight excluding hydrogens is 641 g/mol. The third-order valence-electron chi connectivity index (χ3n) is 9.76. The number of alkyl halides is 3. The van der Waals surface area contributed by atoms with Crippen LogP contribution in [0.15, 0.2) is 65.1 Å². The average molecular weight is 689 g/mol. The van der Waals surface area contributed by atoms with Gasteiger partial charge in [-0.15, -0.1) is 0 Å². The van der Waals surface area contributed by atoms with Crippen LogP contribution in [0.4, 0.5) is 13.2 Å². The number of hydrogen-bond acceptors (Lipinski definition) is 5. The van der Waals surface area contributed by atoms with E-state index in [1.165, 1.54) is 11.1 Å². The third-order valence-corrected chi connectivity index (χ3v) is 9.76. The Hall–Kier alpha value is -4.36. The van der Waals surface area contributed by atoms with Crippen LogP contribution >= 0.6 is 0 Å². The van der Waals surface area contributed by atoms with Crippen molar-refractivity contribution in [2.75, 3.05) is 20.6 Å². The zero-order valence-electron chi connectivity index (χ0n) is 30.0. The second-order valence-corrected chi connectivity index (χ2v) is 14.4. The number of nitrogens with zero attached hydrogens (tertiary/aromatic N) is 4. The van der Waals surface area contributed by atoms with Gasteiger partial charge in [-0.1, -0.05) is 44.4 Å². The summed E-state index contributed by atoms with van der Waals surface area (Å²) in [6.07, 6.45) is 1.13. The molecule has 50 heavy (non-hydrogen) atoms. The summed E-state index contributed by atoms with van der Waals surface area (Å²) in [5, 5.41) is 10.2. The van der Waals surface area contributed by atoms with E-state index in [4.69, 9.17) is 4.98 Å². The number of aromatic nitrogens is 1. The van der Waals surface area contributed by atoms with Crippen molar-refractivity contribution in [2.45, 2.75) is 91.4 Å². The molecule has 3 heterocycles. The van der Waals surface area contributed by atoms with Crippen LogP contribution in [0.25, 0.3) is 11.1 Å². The molecule has 0 radical (unpaired) electrons. The number of carbonyl (C=O) groups excluding carboxylic acids is 1. The van der Waals surface area contributed by atoms with Gasteiger partial charge in [-0.05, 0) is 118 Å². The van der Waals surface area contributed by atoms with Crippen molar-refractivity contribution in [1.29, 1.82) is 0 Å². The first kappa shape index (κ1) is 36.9. The van der Waals surface area contributed by atoms with E-state index in [0.717, 1.165) is 47.6 Å². The van der Waals surface area contributed by atoms with Gasteiger partial charge in [0.1, 0.15) is 11.7 Å². The Morgan fingerprint density at radius 1 is 1.12 bits per heavy atom. The van der Waals surface area contributed by atoms with E-state index in [-0.39, 0.29) is 41.1 Å². The molecule has 0 spiro atoms. The summed E-state index contributed by atoms with van der Waals surface area (Å²) in [5.74, 6) is 5.28. The third kappa shape index (κ3) is 7.99. The number of allylic oxidation sites excluding steroid dienone is 3. The lowest BCUT2D eigenvalue weighted by molar-refractivity contribution is -0.142. The number of carboxylic acids is 1. The number of rotatable bonds is 10. The summed E-state index contributed by atoms with van der Waals surface area (Å²) >= 11 is 0. The lowest BCUT2D eigenvalue weighted by Crippen LogP contribution is -2.53. The number of hydrogen-bond donors (Lipinski definition) is 1. The van der Waals surface area contributed by atoms with Gasteiger partial charge in [-0.3, -0.25) is 9.59 Å². The molecule has 1 aliphatic carbocycles. The molecule has 266 valence electrons. The standard InChI is InChI=1S/C40H47F3N4O3/c1-24(2)18-36-39(50)47(27(5)34-21-32(40(41,42)43)29(23-46(34)36)16-17-45(6)7)35(22-37(48)49)33-20-30(38-25(3)10-8-11-26(38)4)19-31(44-33)15-14-28-12-9-13-28/h8,10-11,19-21,23-24,28,35-36H,9,12-13,16-18,22H2,1-7H3,(H,48,49)/t35-,36-/m0/s1. The molecular formula is C40H47F3N4O3. The monoisotopic (exact) mass is 688 g/mol.